The van der Waals surface area contributed by atoms with Crippen LogP contribution in [0, 0.1) is 0 Å². The monoisotopic (exact) mass is 337 g/mol. The van der Waals surface area contributed by atoms with Gasteiger partial charge in [-0.1, -0.05) is 24.3 Å². The molecular formula is C15H15NO4S2. The highest BCUT2D eigenvalue weighted by molar-refractivity contribution is 7.89. The number of ether oxygens (including phenoxy) is 1. The third-order valence-electron chi connectivity index (χ3n) is 3.72. The van der Waals surface area contributed by atoms with E-state index < -0.39 is 16.0 Å². The number of benzene rings is 1. The van der Waals surface area contributed by atoms with Crippen LogP contribution in [0.4, 0.5) is 0 Å². The first-order valence-corrected chi connectivity index (χ1v) is 9.15. The van der Waals surface area contributed by atoms with Crippen molar-refractivity contribution in [3.63, 3.8) is 0 Å². The summed E-state index contributed by atoms with van der Waals surface area (Å²) in [6, 6.07) is 8.96. The van der Waals surface area contributed by atoms with Crippen molar-refractivity contribution in [2.45, 2.75) is 23.8 Å². The Labute approximate surface area is 133 Å². The molecule has 1 N–H and O–H groups in total. The van der Waals surface area contributed by atoms with E-state index in [4.69, 9.17) is 0 Å². The van der Waals surface area contributed by atoms with Crippen molar-refractivity contribution in [1.82, 2.24) is 4.72 Å². The van der Waals surface area contributed by atoms with E-state index in [1.54, 1.807) is 5.38 Å². The number of fused-ring (bicyclic) bond motifs is 1. The molecule has 1 atom stereocenters. The zero-order chi connectivity index (χ0) is 15.7. The molecule has 22 heavy (non-hydrogen) atoms. The van der Waals surface area contributed by atoms with E-state index in [1.807, 2.05) is 24.3 Å². The van der Waals surface area contributed by atoms with Crippen LogP contribution in [0.1, 0.15) is 33.3 Å². The van der Waals surface area contributed by atoms with Crippen molar-refractivity contribution in [2.75, 3.05) is 7.11 Å². The summed E-state index contributed by atoms with van der Waals surface area (Å²) in [7, 11) is -2.53. The zero-order valence-corrected chi connectivity index (χ0v) is 13.5. The number of sulfonamides is 1. The topological polar surface area (TPSA) is 72.5 Å². The number of rotatable bonds is 4. The largest absolute Gasteiger partial charge is 0.465 e. The van der Waals surface area contributed by atoms with E-state index in [2.05, 4.69) is 9.46 Å². The first kappa shape index (κ1) is 15.2. The van der Waals surface area contributed by atoms with E-state index in [1.165, 1.54) is 13.2 Å². The van der Waals surface area contributed by atoms with Crippen molar-refractivity contribution >= 4 is 27.3 Å². The lowest BCUT2D eigenvalue weighted by molar-refractivity contribution is 0.0602. The molecule has 1 aliphatic carbocycles. The molecule has 1 aliphatic rings. The van der Waals surface area contributed by atoms with Crippen LogP contribution in [0.15, 0.2) is 40.6 Å². The second kappa shape index (κ2) is 5.83. The maximum Gasteiger partial charge on any atom is 0.349 e. The maximum absolute atomic E-state index is 12.6. The highest BCUT2D eigenvalue weighted by Crippen LogP contribution is 2.33. The van der Waals surface area contributed by atoms with E-state index in [0.29, 0.717) is 0 Å². The fraction of sp³-hybridized carbons (Fsp3) is 0.267. The predicted molar refractivity (Wildman–Crippen MR) is 83.5 cm³/mol. The SMILES string of the molecule is COC(=O)c1sccc1S(=O)(=O)NC1CCc2ccccc21. The molecule has 7 heteroatoms. The standard InChI is InChI=1S/C15H15NO4S2/c1-20-15(17)14-13(8-9-21-14)22(18,19)16-12-7-6-10-4-2-3-5-11(10)12/h2-5,8-9,12,16H,6-7H2,1H3. The average molecular weight is 337 g/mol. The van der Waals surface area contributed by atoms with Crippen molar-refractivity contribution in [3.8, 4) is 0 Å². The van der Waals surface area contributed by atoms with Gasteiger partial charge < -0.3 is 4.74 Å². The molecule has 0 saturated carbocycles. The average Bonchev–Trinajstić information content (AvgIpc) is 3.14. The van der Waals surface area contributed by atoms with Crippen molar-refractivity contribution in [3.05, 3.63) is 51.7 Å². The molecule has 3 rings (SSSR count). The number of esters is 1. The quantitative estimate of drug-likeness (QED) is 0.870. The molecule has 0 bridgehead atoms. The second-order valence-electron chi connectivity index (χ2n) is 5.02. The van der Waals surface area contributed by atoms with Gasteiger partial charge >= 0.3 is 5.97 Å². The van der Waals surface area contributed by atoms with Crippen LogP contribution >= 0.6 is 11.3 Å². The van der Waals surface area contributed by atoms with E-state index >= 15 is 0 Å². The number of nitrogens with one attached hydrogen (secondary N) is 1. The van der Waals surface area contributed by atoms with E-state index in [9.17, 15) is 13.2 Å². The Balaban J connectivity index is 1.90. The summed E-state index contributed by atoms with van der Waals surface area (Å²) in [6.45, 7) is 0. The lowest BCUT2D eigenvalue weighted by Gasteiger charge is -2.14. The minimum absolute atomic E-state index is 0.0197. The predicted octanol–water partition coefficient (Wildman–Crippen LogP) is 2.50. The Morgan fingerprint density at radius 1 is 1.32 bits per heavy atom. The first-order valence-electron chi connectivity index (χ1n) is 6.79. The van der Waals surface area contributed by atoms with Gasteiger partial charge in [-0.3, -0.25) is 0 Å². The first-order chi connectivity index (χ1) is 10.5. The molecule has 0 fully saturated rings. The molecule has 1 aromatic heterocycles. The lowest BCUT2D eigenvalue weighted by atomic mass is 10.1. The highest BCUT2D eigenvalue weighted by atomic mass is 32.2. The Hall–Kier alpha value is -1.70. The number of hydrogen-bond acceptors (Lipinski definition) is 5. The summed E-state index contributed by atoms with van der Waals surface area (Å²) in [4.78, 5) is 11.8. The molecule has 2 aromatic rings. The summed E-state index contributed by atoms with van der Waals surface area (Å²) in [5, 5.41) is 1.57. The molecule has 1 unspecified atom stereocenters. The molecule has 0 aliphatic heterocycles. The van der Waals surface area contributed by atoms with Gasteiger partial charge in [0, 0.05) is 6.04 Å². The number of methoxy groups -OCH3 is 1. The summed E-state index contributed by atoms with van der Waals surface area (Å²) in [6.07, 6.45) is 1.56. The van der Waals surface area contributed by atoms with Gasteiger partial charge in [0.15, 0.2) is 0 Å². The van der Waals surface area contributed by atoms with Gasteiger partial charge in [0.1, 0.15) is 9.77 Å². The Bertz CT molecular complexity index is 810. The summed E-state index contributed by atoms with van der Waals surface area (Å²) in [5.41, 5.74) is 2.16. The van der Waals surface area contributed by atoms with Gasteiger partial charge in [-0.2, -0.15) is 0 Å². The van der Waals surface area contributed by atoms with Gasteiger partial charge in [0.25, 0.3) is 0 Å². The molecule has 0 radical (unpaired) electrons. The van der Waals surface area contributed by atoms with Crippen molar-refractivity contribution in [1.29, 1.82) is 0 Å². The van der Waals surface area contributed by atoms with Crippen LogP contribution in [0.25, 0.3) is 0 Å². The molecule has 0 saturated heterocycles. The molecule has 5 nitrogen and oxygen atoms in total. The summed E-state index contributed by atoms with van der Waals surface area (Å²) in [5.74, 6) is -0.637. The zero-order valence-electron chi connectivity index (χ0n) is 11.9. The van der Waals surface area contributed by atoms with Gasteiger partial charge in [-0.15, -0.1) is 11.3 Å². The molecule has 1 heterocycles. The van der Waals surface area contributed by atoms with E-state index in [-0.39, 0.29) is 15.8 Å². The number of aryl methyl sites for hydroxylation is 1. The van der Waals surface area contributed by atoms with Gasteiger partial charge in [-0.25, -0.2) is 17.9 Å². The molecule has 0 spiro atoms. The minimum atomic E-state index is -3.77. The third-order valence-corrected chi connectivity index (χ3v) is 6.26. The normalized spacial score (nSPS) is 17.2. The number of carbonyl (C=O) groups excluding carboxylic acids is 1. The Morgan fingerprint density at radius 3 is 2.86 bits per heavy atom. The lowest BCUT2D eigenvalue weighted by Crippen LogP contribution is -2.28. The van der Waals surface area contributed by atoms with Crippen LogP contribution < -0.4 is 4.72 Å². The van der Waals surface area contributed by atoms with Gasteiger partial charge in [0.05, 0.1) is 7.11 Å². The van der Waals surface area contributed by atoms with Gasteiger partial charge in [0.2, 0.25) is 10.0 Å². The second-order valence-corrected chi connectivity index (χ2v) is 7.62. The molecule has 1 aromatic carbocycles. The number of thiophene rings is 1. The maximum atomic E-state index is 12.6. The fourth-order valence-corrected chi connectivity index (χ4v) is 5.27. The Kier molecular flexibility index (Phi) is 4.03. The number of carbonyl (C=O) groups is 1. The van der Waals surface area contributed by atoms with Crippen LogP contribution in [0.3, 0.4) is 0 Å². The molecule has 0 amide bonds. The minimum Gasteiger partial charge on any atom is -0.465 e. The van der Waals surface area contributed by atoms with E-state index in [0.717, 1.165) is 35.3 Å². The molecule has 116 valence electrons. The van der Waals surface area contributed by atoms with Crippen LogP contribution in [-0.4, -0.2) is 21.5 Å². The highest BCUT2D eigenvalue weighted by Gasteiger charge is 2.30. The summed E-state index contributed by atoms with van der Waals surface area (Å²) >= 11 is 1.06. The smallest absolute Gasteiger partial charge is 0.349 e. The van der Waals surface area contributed by atoms with Crippen molar-refractivity contribution < 1.29 is 17.9 Å². The van der Waals surface area contributed by atoms with Crippen LogP contribution in [0.5, 0.6) is 0 Å². The van der Waals surface area contributed by atoms with Crippen LogP contribution in [-0.2, 0) is 21.2 Å². The summed E-state index contributed by atoms with van der Waals surface area (Å²) < 4.78 is 32.5. The van der Waals surface area contributed by atoms with Gasteiger partial charge in [-0.05, 0) is 35.4 Å². The number of hydrogen-bond donors (Lipinski definition) is 1. The van der Waals surface area contributed by atoms with Crippen LogP contribution in [0.2, 0.25) is 0 Å². The Morgan fingerprint density at radius 2 is 2.09 bits per heavy atom. The third kappa shape index (κ3) is 2.67. The fourth-order valence-electron chi connectivity index (χ4n) is 2.68. The van der Waals surface area contributed by atoms with Crippen molar-refractivity contribution in [2.24, 2.45) is 0 Å². The molecular weight excluding hydrogens is 322 g/mol.